The Hall–Kier alpha value is -0.220. The zero-order valence-electron chi connectivity index (χ0n) is 10.2. The summed E-state index contributed by atoms with van der Waals surface area (Å²) in [6, 6.07) is 0. The van der Waals surface area contributed by atoms with Gasteiger partial charge in [0, 0.05) is 12.1 Å². The number of halogens is 1. The van der Waals surface area contributed by atoms with Gasteiger partial charge >= 0.3 is 0 Å². The molecule has 0 aliphatic heterocycles. The molecule has 1 N–H and O–H groups in total. The molecule has 1 aromatic heterocycles. The lowest BCUT2D eigenvalue weighted by atomic mass is 9.80. The van der Waals surface area contributed by atoms with Crippen LogP contribution in [0.4, 0.5) is 0 Å². The van der Waals surface area contributed by atoms with Crippen LogP contribution in [-0.4, -0.2) is 9.97 Å². The van der Waals surface area contributed by atoms with Crippen LogP contribution >= 0.6 is 28.1 Å². The van der Waals surface area contributed by atoms with E-state index in [0.29, 0.717) is 5.92 Å². The van der Waals surface area contributed by atoms with E-state index >= 15 is 0 Å². The van der Waals surface area contributed by atoms with Gasteiger partial charge in [0.1, 0.15) is 10.5 Å². The van der Waals surface area contributed by atoms with E-state index in [4.69, 9.17) is 12.2 Å². The van der Waals surface area contributed by atoms with Gasteiger partial charge in [-0.15, -0.1) is 0 Å². The highest BCUT2D eigenvalue weighted by atomic mass is 79.9. The summed E-state index contributed by atoms with van der Waals surface area (Å²) in [5.41, 5.74) is 0. The molecule has 0 bridgehead atoms. The van der Waals surface area contributed by atoms with Crippen molar-refractivity contribution in [1.82, 2.24) is 9.97 Å². The summed E-state index contributed by atoms with van der Waals surface area (Å²) in [6.07, 6.45) is 9.72. The molecule has 0 atom stereocenters. The van der Waals surface area contributed by atoms with Crippen LogP contribution < -0.4 is 0 Å². The molecule has 0 unspecified atom stereocenters. The van der Waals surface area contributed by atoms with E-state index < -0.39 is 0 Å². The second-order valence-corrected chi connectivity index (χ2v) is 6.21. The first-order valence-corrected chi connectivity index (χ1v) is 7.65. The Balaban J connectivity index is 2.00. The molecule has 1 saturated carbocycles. The molecule has 2 nitrogen and oxygen atoms in total. The molecule has 1 aliphatic carbocycles. The third-order valence-corrected chi connectivity index (χ3v) is 4.89. The first kappa shape index (κ1) is 13.2. The summed E-state index contributed by atoms with van der Waals surface area (Å²) in [4.78, 5) is 7.71. The maximum atomic E-state index is 5.23. The van der Waals surface area contributed by atoms with Gasteiger partial charge in [-0.05, 0) is 47.5 Å². The fourth-order valence-electron chi connectivity index (χ4n) is 2.73. The van der Waals surface area contributed by atoms with Gasteiger partial charge in [-0.1, -0.05) is 32.0 Å². The molecule has 4 heteroatoms. The summed E-state index contributed by atoms with van der Waals surface area (Å²) in [5.74, 6) is 2.60. The molecule has 0 saturated heterocycles. The monoisotopic (exact) mass is 314 g/mol. The van der Waals surface area contributed by atoms with Gasteiger partial charge in [0.25, 0.3) is 0 Å². The van der Waals surface area contributed by atoms with Gasteiger partial charge in [0.05, 0.1) is 4.47 Å². The second kappa shape index (κ2) is 6.10. The Kier molecular flexibility index (Phi) is 4.74. The molecule has 94 valence electrons. The van der Waals surface area contributed by atoms with E-state index in [2.05, 4.69) is 32.8 Å². The van der Waals surface area contributed by atoms with Gasteiger partial charge < -0.3 is 4.98 Å². The first-order chi connectivity index (χ1) is 8.20. The predicted octanol–water partition coefficient (Wildman–Crippen LogP) is 4.98. The van der Waals surface area contributed by atoms with Crippen molar-refractivity contribution in [2.75, 3.05) is 0 Å². The molecule has 0 spiro atoms. The van der Waals surface area contributed by atoms with Crippen LogP contribution in [0.2, 0.25) is 0 Å². The van der Waals surface area contributed by atoms with E-state index in [0.717, 1.165) is 20.9 Å². The van der Waals surface area contributed by atoms with Gasteiger partial charge in [0.15, 0.2) is 0 Å². The van der Waals surface area contributed by atoms with Crippen LogP contribution in [0.3, 0.4) is 0 Å². The normalized spacial score (nSPS) is 24.8. The highest BCUT2D eigenvalue weighted by Gasteiger charge is 2.23. The summed E-state index contributed by atoms with van der Waals surface area (Å²) in [6.45, 7) is 2.28. The number of H-pyrrole nitrogens is 1. The lowest BCUT2D eigenvalue weighted by Crippen LogP contribution is -2.15. The van der Waals surface area contributed by atoms with Crippen molar-refractivity contribution in [1.29, 1.82) is 0 Å². The largest absolute Gasteiger partial charge is 0.334 e. The van der Waals surface area contributed by atoms with E-state index in [9.17, 15) is 0 Å². The Morgan fingerprint density at radius 3 is 2.71 bits per heavy atom. The van der Waals surface area contributed by atoms with Crippen LogP contribution in [0, 0.1) is 10.6 Å². The Morgan fingerprint density at radius 2 is 2.12 bits per heavy atom. The molecule has 1 fully saturated rings. The molecule has 0 aromatic carbocycles. The number of nitrogens with one attached hydrogen (secondary N) is 1. The topological polar surface area (TPSA) is 28.7 Å². The third kappa shape index (κ3) is 3.38. The van der Waals surface area contributed by atoms with E-state index in [1.165, 1.54) is 38.5 Å². The van der Waals surface area contributed by atoms with Crippen molar-refractivity contribution >= 4 is 28.1 Å². The van der Waals surface area contributed by atoms with E-state index in [-0.39, 0.29) is 0 Å². The number of aromatic amines is 1. The highest BCUT2D eigenvalue weighted by Crippen LogP contribution is 2.36. The average molecular weight is 315 g/mol. The minimum Gasteiger partial charge on any atom is -0.334 e. The summed E-state index contributed by atoms with van der Waals surface area (Å²) < 4.78 is 1.65. The number of nitrogens with zero attached hydrogens (tertiary/aromatic N) is 1. The van der Waals surface area contributed by atoms with Crippen molar-refractivity contribution in [3.8, 4) is 0 Å². The third-order valence-electron chi connectivity index (χ3n) is 3.71. The van der Waals surface area contributed by atoms with Gasteiger partial charge in [0.2, 0.25) is 0 Å². The average Bonchev–Trinajstić information content (AvgIpc) is 2.34. The molecule has 1 aromatic rings. The lowest BCUT2D eigenvalue weighted by molar-refractivity contribution is 0.302. The van der Waals surface area contributed by atoms with Gasteiger partial charge in [-0.2, -0.15) is 0 Å². The molecule has 1 heterocycles. The Morgan fingerprint density at radius 1 is 1.41 bits per heavy atom. The highest BCUT2D eigenvalue weighted by molar-refractivity contribution is 9.10. The quantitative estimate of drug-likeness (QED) is 0.797. The van der Waals surface area contributed by atoms with E-state index in [1.54, 1.807) is 0 Å². The van der Waals surface area contributed by atoms with Crippen LogP contribution in [0.1, 0.15) is 57.2 Å². The van der Waals surface area contributed by atoms with Crippen LogP contribution in [0.25, 0.3) is 0 Å². The molecular weight excluding hydrogens is 296 g/mol. The summed E-state index contributed by atoms with van der Waals surface area (Å²) in [5, 5.41) is 0. The smallest absolute Gasteiger partial charge is 0.120 e. The fourth-order valence-corrected chi connectivity index (χ4v) is 3.09. The van der Waals surface area contributed by atoms with Gasteiger partial charge in [-0.25, -0.2) is 4.98 Å². The molecule has 1 aliphatic rings. The van der Waals surface area contributed by atoms with Crippen molar-refractivity contribution < 1.29 is 0 Å². The zero-order chi connectivity index (χ0) is 12.3. The standard InChI is InChI=1S/C13H19BrN2S/c1-2-3-9-4-6-10(7-5-9)12-15-8-11(14)13(17)16-12/h8-10H,2-7H2,1H3,(H,15,16,17). The van der Waals surface area contributed by atoms with Crippen molar-refractivity contribution in [2.45, 2.75) is 51.4 Å². The Labute approximate surface area is 116 Å². The molecule has 17 heavy (non-hydrogen) atoms. The SMILES string of the molecule is CCCC1CCC(c2ncc(Br)c(=S)[nH]2)CC1. The number of hydrogen-bond acceptors (Lipinski definition) is 2. The number of hydrogen-bond donors (Lipinski definition) is 1. The van der Waals surface area contributed by atoms with Crippen molar-refractivity contribution in [2.24, 2.45) is 5.92 Å². The summed E-state index contributed by atoms with van der Waals surface area (Å²) in [7, 11) is 0. The number of rotatable bonds is 3. The first-order valence-electron chi connectivity index (χ1n) is 6.45. The zero-order valence-corrected chi connectivity index (χ0v) is 12.6. The van der Waals surface area contributed by atoms with E-state index in [1.807, 2.05) is 6.20 Å². The molecular formula is C13H19BrN2S. The Bertz CT molecular complexity index is 422. The molecule has 0 amide bonds. The minimum atomic E-state index is 0.581. The predicted molar refractivity (Wildman–Crippen MR) is 76.7 cm³/mol. The van der Waals surface area contributed by atoms with Gasteiger partial charge in [-0.3, -0.25) is 0 Å². The molecule has 0 radical (unpaired) electrons. The number of aromatic nitrogens is 2. The van der Waals surface area contributed by atoms with Crippen LogP contribution in [-0.2, 0) is 0 Å². The minimum absolute atomic E-state index is 0.581. The second-order valence-electron chi connectivity index (χ2n) is 4.95. The molecule has 2 rings (SSSR count). The van der Waals surface area contributed by atoms with Crippen molar-refractivity contribution in [3.05, 3.63) is 21.1 Å². The fraction of sp³-hybridized carbons (Fsp3) is 0.692. The maximum Gasteiger partial charge on any atom is 0.120 e. The lowest BCUT2D eigenvalue weighted by Gasteiger charge is -2.27. The van der Waals surface area contributed by atoms with Crippen LogP contribution in [0.15, 0.2) is 10.7 Å². The van der Waals surface area contributed by atoms with Crippen molar-refractivity contribution in [3.63, 3.8) is 0 Å². The summed E-state index contributed by atoms with van der Waals surface area (Å²) >= 11 is 8.62. The van der Waals surface area contributed by atoms with Crippen LogP contribution in [0.5, 0.6) is 0 Å². The maximum absolute atomic E-state index is 5.23.